The van der Waals surface area contributed by atoms with Crippen LogP contribution in [0, 0.1) is 11.8 Å². The molecular formula is C23H38N2. The van der Waals surface area contributed by atoms with Crippen LogP contribution in [0.25, 0.3) is 0 Å². The Balaban J connectivity index is 1.40. The molecule has 0 spiro atoms. The third-order valence-corrected chi connectivity index (χ3v) is 6.14. The molecule has 2 aliphatic heterocycles. The Morgan fingerprint density at radius 1 is 0.920 bits per heavy atom. The van der Waals surface area contributed by atoms with E-state index in [0.717, 1.165) is 11.8 Å². The number of benzene rings is 1. The molecule has 0 radical (unpaired) electrons. The minimum absolute atomic E-state index is 0.852. The van der Waals surface area contributed by atoms with Crippen molar-refractivity contribution in [3.63, 3.8) is 0 Å². The SMILES string of the molecule is CC(C)CCCN1CCC(Cc2ccc(N3CCCCC3)cc2)CC1. The Bertz CT molecular complexity index is 479. The van der Waals surface area contributed by atoms with Crippen LogP contribution >= 0.6 is 0 Å². The smallest absolute Gasteiger partial charge is 0.0366 e. The summed E-state index contributed by atoms with van der Waals surface area (Å²) in [4.78, 5) is 5.25. The summed E-state index contributed by atoms with van der Waals surface area (Å²) in [5.41, 5.74) is 2.97. The van der Waals surface area contributed by atoms with Crippen LogP contribution in [0.1, 0.15) is 64.4 Å². The first-order valence-corrected chi connectivity index (χ1v) is 10.8. The van der Waals surface area contributed by atoms with Gasteiger partial charge >= 0.3 is 0 Å². The third kappa shape index (κ3) is 6.02. The van der Waals surface area contributed by atoms with Crippen molar-refractivity contribution in [1.82, 2.24) is 4.90 Å². The molecule has 2 heteroatoms. The predicted octanol–water partition coefficient (Wildman–Crippen LogP) is 5.37. The average Bonchev–Trinajstić information content (AvgIpc) is 2.64. The summed E-state index contributed by atoms with van der Waals surface area (Å²) >= 11 is 0. The topological polar surface area (TPSA) is 6.48 Å². The maximum absolute atomic E-state index is 2.69. The molecule has 0 amide bonds. The lowest BCUT2D eigenvalue weighted by atomic mass is 9.90. The second kappa shape index (κ2) is 9.62. The molecule has 3 rings (SSSR count). The van der Waals surface area contributed by atoms with Gasteiger partial charge in [-0.1, -0.05) is 26.0 Å². The lowest BCUT2D eigenvalue weighted by Crippen LogP contribution is -2.35. The van der Waals surface area contributed by atoms with E-state index in [1.165, 1.54) is 89.8 Å². The van der Waals surface area contributed by atoms with Crippen LogP contribution < -0.4 is 4.90 Å². The molecule has 2 saturated heterocycles. The zero-order chi connectivity index (χ0) is 17.5. The molecule has 0 aromatic heterocycles. The predicted molar refractivity (Wildman–Crippen MR) is 109 cm³/mol. The Labute approximate surface area is 155 Å². The number of piperidine rings is 2. The first-order chi connectivity index (χ1) is 12.2. The fourth-order valence-electron chi connectivity index (χ4n) is 4.47. The highest BCUT2D eigenvalue weighted by atomic mass is 15.1. The Kier molecular flexibility index (Phi) is 7.22. The summed E-state index contributed by atoms with van der Waals surface area (Å²) in [6, 6.07) is 9.50. The van der Waals surface area contributed by atoms with Crippen molar-refractivity contribution in [2.45, 2.75) is 65.2 Å². The van der Waals surface area contributed by atoms with Crippen LogP contribution in [0.5, 0.6) is 0 Å². The van der Waals surface area contributed by atoms with Crippen molar-refractivity contribution in [1.29, 1.82) is 0 Å². The van der Waals surface area contributed by atoms with Gasteiger partial charge in [0.15, 0.2) is 0 Å². The molecule has 0 saturated carbocycles. The van der Waals surface area contributed by atoms with Gasteiger partial charge in [-0.05, 0) is 101 Å². The standard InChI is InChI=1S/C23H38N2/c1-20(2)7-6-14-24-17-12-22(13-18-24)19-21-8-10-23(11-9-21)25-15-4-3-5-16-25/h8-11,20,22H,3-7,12-19H2,1-2H3. The van der Waals surface area contributed by atoms with Crippen LogP contribution in [0.4, 0.5) is 5.69 Å². The van der Waals surface area contributed by atoms with Gasteiger partial charge in [-0.2, -0.15) is 0 Å². The van der Waals surface area contributed by atoms with E-state index in [4.69, 9.17) is 0 Å². The van der Waals surface area contributed by atoms with E-state index in [1.54, 1.807) is 5.56 Å². The van der Waals surface area contributed by atoms with E-state index < -0.39 is 0 Å². The Morgan fingerprint density at radius 2 is 1.60 bits per heavy atom. The largest absolute Gasteiger partial charge is 0.372 e. The van der Waals surface area contributed by atoms with Gasteiger partial charge < -0.3 is 9.80 Å². The number of anilines is 1. The zero-order valence-corrected chi connectivity index (χ0v) is 16.6. The summed E-state index contributed by atoms with van der Waals surface area (Å²) in [7, 11) is 0. The second-order valence-corrected chi connectivity index (χ2v) is 8.74. The lowest BCUT2D eigenvalue weighted by Gasteiger charge is -2.32. The molecule has 0 unspecified atom stereocenters. The average molecular weight is 343 g/mol. The molecule has 0 aliphatic carbocycles. The van der Waals surface area contributed by atoms with Gasteiger partial charge in [0.1, 0.15) is 0 Å². The third-order valence-electron chi connectivity index (χ3n) is 6.14. The van der Waals surface area contributed by atoms with Crippen LogP contribution in [0.2, 0.25) is 0 Å². The van der Waals surface area contributed by atoms with Crippen LogP contribution in [-0.4, -0.2) is 37.6 Å². The second-order valence-electron chi connectivity index (χ2n) is 8.74. The minimum Gasteiger partial charge on any atom is -0.372 e. The normalized spacial score (nSPS) is 20.4. The van der Waals surface area contributed by atoms with Crippen LogP contribution in [0.15, 0.2) is 24.3 Å². The number of rotatable bonds is 7. The van der Waals surface area contributed by atoms with E-state index >= 15 is 0 Å². The first kappa shape index (κ1) is 18.8. The van der Waals surface area contributed by atoms with Crippen LogP contribution in [-0.2, 0) is 6.42 Å². The van der Waals surface area contributed by atoms with E-state index in [0.29, 0.717) is 0 Å². The quantitative estimate of drug-likeness (QED) is 0.657. The van der Waals surface area contributed by atoms with E-state index in [9.17, 15) is 0 Å². The molecular weight excluding hydrogens is 304 g/mol. The van der Waals surface area contributed by atoms with Crippen LogP contribution in [0.3, 0.4) is 0 Å². The first-order valence-electron chi connectivity index (χ1n) is 10.8. The van der Waals surface area contributed by atoms with E-state index in [1.807, 2.05) is 0 Å². The van der Waals surface area contributed by atoms with E-state index in [-0.39, 0.29) is 0 Å². The Morgan fingerprint density at radius 3 is 2.24 bits per heavy atom. The van der Waals surface area contributed by atoms with Gasteiger partial charge in [0.2, 0.25) is 0 Å². The van der Waals surface area contributed by atoms with Gasteiger partial charge in [-0.25, -0.2) is 0 Å². The van der Waals surface area contributed by atoms with Gasteiger partial charge in [0, 0.05) is 18.8 Å². The molecule has 2 nitrogen and oxygen atoms in total. The number of likely N-dealkylation sites (tertiary alicyclic amines) is 1. The highest BCUT2D eigenvalue weighted by molar-refractivity contribution is 5.47. The number of hydrogen-bond donors (Lipinski definition) is 0. The van der Waals surface area contributed by atoms with Crippen molar-refractivity contribution >= 4 is 5.69 Å². The minimum atomic E-state index is 0.852. The molecule has 0 bridgehead atoms. The number of hydrogen-bond acceptors (Lipinski definition) is 2. The molecule has 0 N–H and O–H groups in total. The zero-order valence-electron chi connectivity index (χ0n) is 16.6. The molecule has 1 aromatic carbocycles. The van der Waals surface area contributed by atoms with Crippen molar-refractivity contribution in [2.24, 2.45) is 11.8 Å². The maximum atomic E-state index is 2.69. The molecule has 2 fully saturated rings. The van der Waals surface area contributed by atoms with Gasteiger partial charge in [-0.15, -0.1) is 0 Å². The van der Waals surface area contributed by atoms with Gasteiger partial charge in [0.25, 0.3) is 0 Å². The van der Waals surface area contributed by atoms with Gasteiger partial charge in [0.05, 0.1) is 0 Å². The monoisotopic (exact) mass is 342 g/mol. The van der Waals surface area contributed by atoms with E-state index in [2.05, 4.69) is 47.9 Å². The Hall–Kier alpha value is -1.02. The summed E-state index contributed by atoms with van der Waals surface area (Å²) in [6.07, 6.45) is 10.9. The molecule has 140 valence electrons. The highest BCUT2D eigenvalue weighted by Gasteiger charge is 2.19. The summed E-state index contributed by atoms with van der Waals surface area (Å²) in [6.45, 7) is 11.1. The molecule has 2 aliphatic rings. The highest BCUT2D eigenvalue weighted by Crippen LogP contribution is 2.25. The molecule has 2 heterocycles. The van der Waals surface area contributed by atoms with Crippen molar-refractivity contribution in [2.75, 3.05) is 37.6 Å². The fraction of sp³-hybridized carbons (Fsp3) is 0.739. The maximum Gasteiger partial charge on any atom is 0.0366 e. The van der Waals surface area contributed by atoms with Crippen molar-refractivity contribution in [3.05, 3.63) is 29.8 Å². The summed E-state index contributed by atoms with van der Waals surface area (Å²) < 4.78 is 0. The summed E-state index contributed by atoms with van der Waals surface area (Å²) in [5, 5.41) is 0. The molecule has 25 heavy (non-hydrogen) atoms. The lowest BCUT2D eigenvalue weighted by molar-refractivity contribution is 0.179. The van der Waals surface area contributed by atoms with Gasteiger partial charge in [-0.3, -0.25) is 0 Å². The van der Waals surface area contributed by atoms with Crippen molar-refractivity contribution < 1.29 is 0 Å². The number of nitrogens with zero attached hydrogens (tertiary/aromatic N) is 2. The summed E-state index contributed by atoms with van der Waals surface area (Å²) in [5.74, 6) is 1.74. The molecule has 0 atom stereocenters. The fourth-order valence-corrected chi connectivity index (χ4v) is 4.47. The van der Waals surface area contributed by atoms with Crippen molar-refractivity contribution in [3.8, 4) is 0 Å². The molecule has 1 aromatic rings.